The zero-order valence-electron chi connectivity index (χ0n) is 10.9. The van der Waals surface area contributed by atoms with E-state index in [0.29, 0.717) is 16.9 Å². The first-order chi connectivity index (χ1) is 8.93. The molecular formula is C13H14FN3O2. The second kappa shape index (κ2) is 4.79. The number of rotatable bonds is 3. The van der Waals surface area contributed by atoms with E-state index in [1.54, 1.807) is 19.1 Å². The van der Waals surface area contributed by atoms with Gasteiger partial charge in [0.15, 0.2) is 5.69 Å². The molecule has 0 aliphatic heterocycles. The highest BCUT2D eigenvalue weighted by Gasteiger charge is 2.23. The van der Waals surface area contributed by atoms with Crippen molar-refractivity contribution in [1.29, 1.82) is 0 Å². The fraction of sp³-hybridized carbons (Fsp3) is 0.308. The highest BCUT2D eigenvalue weighted by molar-refractivity contribution is 5.86. The third kappa shape index (κ3) is 2.21. The molecule has 0 saturated heterocycles. The summed E-state index contributed by atoms with van der Waals surface area (Å²) in [7, 11) is 0. The normalized spacial score (nSPS) is 11.0. The van der Waals surface area contributed by atoms with Gasteiger partial charge in [0.2, 0.25) is 0 Å². The number of carboxylic acids is 1. The fourth-order valence-electron chi connectivity index (χ4n) is 1.96. The molecule has 0 unspecified atom stereocenters. The summed E-state index contributed by atoms with van der Waals surface area (Å²) in [4.78, 5) is 11.1. The van der Waals surface area contributed by atoms with Gasteiger partial charge in [-0.15, -0.1) is 5.10 Å². The van der Waals surface area contributed by atoms with Crippen LogP contribution in [0.3, 0.4) is 0 Å². The number of halogens is 1. The predicted octanol–water partition coefficient (Wildman–Crippen LogP) is 2.54. The highest BCUT2D eigenvalue weighted by Crippen LogP contribution is 2.24. The molecule has 19 heavy (non-hydrogen) atoms. The van der Waals surface area contributed by atoms with Crippen molar-refractivity contribution in [2.24, 2.45) is 0 Å². The Morgan fingerprint density at radius 1 is 1.42 bits per heavy atom. The number of benzene rings is 1. The van der Waals surface area contributed by atoms with Gasteiger partial charge in [-0.3, -0.25) is 0 Å². The van der Waals surface area contributed by atoms with Gasteiger partial charge in [-0.1, -0.05) is 25.1 Å². The quantitative estimate of drug-likeness (QED) is 0.924. The lowest BCUT2D eigenvalue weighted by Gasteiger charge is -2.12. The Bertz CT molecular complexity index is 635. The monoisotopic (exact) mass is 263 g/mol. The van der Waals surface area contributed by atoms with Crippen LogP contribution in [0.2, 0.25) is 0 Å². The van der Waals surface area contributed by atoms with E-state index in [0.717, 1.165) is 0 Å². The first-order valence-corrected chi connectivity index (χ1v) is 5.87. The van der Waals surface area contributed by atoms with Crippen molar-refractivity contribution in [3.8, 4) is 5.69 Å². The van der Waals surface area contributed by atoms with Gasteiger partial charge in [0.1, 0.15) is 5.82 Å². The Labute approximate surface area is 109 Å². The van der Waals surface area contributed by atoms with E-state index in [9.17, 15) is 9.18 Å². The van der Waals surface area contributed by atoms with E-state index < -0.39 is 5.97 Å². The number of hydrogen-bond donors (Lipinski definition) is 1. The van der Waals surface area contributed by atoms with Crippen LogP contribution in [0.15, 0.2) is 18.2 Å². The molecule has 0 bridgehead atoms. The zero-order chi connectivity index (χ0) is 14.2. The summed E-state index contributed by atoms with van der Waals surface area (Å²) in [6.45, 7) is 5.31. The summed E-state index contributed by atoms with van der Waals surface area (Å²) >= 11 is 0. The lowest BCUT2D eigenvalue weighted by molar-refractivity contribution is 0.0688. The molecule has 1 aromatic carbocycles. The van der Waals surface area contributed by atoms with Gasteiger partial charge in [0.25, 0.3) is 0 Å². The topological polar surface area (TPSA) is 68.0 Å². The van der Waals surface area contributed by atoms with Crippen molar-refractivity contribution in [3.05, 3.63) is 41.0 Å². The Hall–Kier alpha value is -2.24. The van der Waals surface area contributed by atoms with Crippen LogP contribution < -0.4 is 0 Å². The summed E-state index contributed by atoms with van der Waals surface area (Å²) in [5.74, 6) is -1.59. The van der Waals surface area contributed by atoms with Gasteiger partial charge in [-0.2, -0.15) is 0 Å². The van der Waals surface area contributed by atoms with Crippen LogP contribution >= 0.6 is 0 Å². The number of hydrogen-bond acceptors (Lipinski definition) is 3. The van der Waals surface area contributed by atoms with E-state index in [4.69, 9.17) is 5.11 Å². The molecule has 1 N–H and O–H groups in total. The van der Waals surface area contributed by atoms with Crippen LogP contribution in [0, 0.1) is 12.7 Å². The summed E-state index contributed by atoms with van der Waals surface area (Å²) < 4.78 is 15.0. The highest BCUT2D eigenvalue weighted by atomic mass is 19.1. The molecule has 2 rings (SSSR count). The molecule has 1 heterocycles. The smallest absolute Gasteiger partial charge is 0.358 e. The van der Waals surface area contributed by atoms with Crippen molar-refractivity contribution in [1.82, 2.24) is 15.0 Å². The first kappa shape index (κ1) is 13.2. The van der Waals surface area contributed by atoms with Gasteiger partial charge in [0.05, 0.1) is 11.4 Å². The number of carbonyl (C=O) groups is 1. The van der Waals surface area contributed by atoms with Gasteiger partial charge < -0.3 is 5.11 Å². The number of nitrogens with zero attached hydrogens (tertiary/aromatic N) is 3. The molecule has 0 saturated carbocycles. The van der Waals surface area contributed by atoms with Crippen molar-refractivity contribution < 1.29 is 14.3 Å². The average molecular weight is 263 g/mol. The lowest BCUT2D eigenvalue weighted by Crippen LogP contribution is -2.10. The third-order valence-corrected chi connectivity index (χ3v) is 2.92. The Morgan fingerprint density at radius 3 is 2.68 bits per heavy atom. The maximum absolute atomic E-state index is 13.6. The van der Waals surface area contributed by atoms with Gasteiger partial charge in [-0.05, 0) is 25.0 Å². The minimum absolute atomic E-state index is 0.0937. The van der Waals surface area contributed by atoms with Crippen LogP contribution in [0.25, 0.3) is 5.69 Å². The zero-order valence-corrected chi connectivity index (χ0v) is 10.9. The van der Waals surface area contributed by atoms with Gasteiger partial charge >= 0.3 is 5.97 Å². The summed E-state index contributed by atoms with van der Waals surface area (Å²) in [5, 5.41) is 16.6. The molecule has 1 aromatic heterocycles. The third-order valence-electron chi connectivity index (χ3n) is 2.92. The second-order valence-electron chi connectivity index (χ2n) is 4.58. The summed E-state index contributed by atoms with van der Waals surface area (Å²) in [6, 6.07) is 4.59. The minimum atomic E-state index is -1.14. The van der Waals surface area contributed by atoms with E-state index in [1.807, 2.05) is 13.8 Å². The minimum Gasteiger partial charge on any atom is -0.476 e. The molecule has 0 aliphatic rings. The molecule has 0 atom stereocenters. The Balaban J connectivity index is 2.69. The van der Waals surface area contributed by atoms with E-state index in [1.165, 1.54) is 10.7 Å². The molecular weight excluding hydrogens is 249 g/mol. The average Bonchev–Trinajstić information content (AvgIpc) is 2.77. The van der Waals surface area contributed by atoms with E-state index >= 15 is 0 Å². The molecule has 0 spiro atoms. The predicted molar refractivity (Wildman–Crippen MR) is 67.1 cm³/mol. The van der Waals surface area contributed by atoms with Crippen molar-refractivity contribution >= 4 is 5.97 Å². The molecule has 0 radical (unpaired) electrons. The molecule has 6 heteroatoms. The van der Waals surface area contributed by atoms with Crippen molar-refractivity contribution in [2.75, 3.05) is 0 Å². The molecule has 0 amide bonds. The number of aromatic nitrogens is 3. The van der Waals surface area contributed by atoms with Crippen LogP contribution in [0.4, 0.5) is 4.39 Å². The summed E-state index contributed by atoms with van der Waals surface area (Å²) in [6.07, 6.45) is 0. The van der Waals surface area contributed by atoms with Gasteiger partial charge in [-0.25, -0.2) is 13.9 Å². The van der Waals surface area contributed by atoms with Crippen LogP contribution in [-0.2, 0) is 0 Å². The largest absolute Gasteiger partial charge is 0.476 e. The first-order valence-electron chi connectivity index (χ1n) is 5.87. The Morgan fingerprint density at radius 2 is 2.11 bits per heavy atom. The standard InChI is InChI=1S/C13H14FN3O2/c1-7(2)12-11(13(18)19)15-16-17(12)10-6-4-5-9(14)8(10)3/h4-7H,1-3H3,(H,18,19). The van der Waals surface area contributed by atoms with Crippen LogP contribution in [0.1, 0.15) is 41.5 Å². The summed E-state index contributed by atoms with van der Waals surface area (Å²) in [5.41, 5.74) is 1.27. The maximum atomic E-state index is 13.6. The second-order valence-corrected chi connectivity index (χ2v) is 4.58. The molecule has 2 aromatic rings. The molecule has 0 aliphatic carbocycles. The van der Waals surface area contributed by atoms with Crippen LogP contribution in [0.5, 0.6) is 0 Å². The van der Waals surface area contributed by atoms with E-state index in [2.05, 4.69) is 10.3 Å². The maximum Gasteiger partial charge on any atom is 0.358 e. The Kier molecular flexibility index (Phi) is 3.33. The van der Waals surface area contributed by atoms with Gasteiger partial charge in [0, 0.05) is 5.56 Å². The SMILES string of the molecule is Cc1c(F)cccc1-n1nnc(C(=O)O)c1C(C)C. The molecule has 5 nitrogen and oxygen atoms in total. The van der Waals surface area contributed by atoms with Crippen LogP contribution in [-0.4, -0.2) is 26.1 Å². The van der Waals surface area contributed by atoms with E-state index in [-0.39, 0.29) is 17.4 Å². The number of aromatic carboxylic acids is 1. The number of carboxylic acid groups (broad SMARTS) is 1. The fourth-order valence-corrected chi connectivity index (χ4v) is 1.96. The van der Waals surface area contributed by atoms with Crippen molar-refractivity contribution in [2.45, 2.75) is 26.7 Å². The van der Waals surface area contributed by atoms with Crippen molar-refractivity contribution in [3.63, 3.8) is 0 Å². The molecule has 100 valence electrons. The lowest BCUT2D eigenvalue weighted by atomic mass is 10.1. The molecule has 0 fully saturated rings.